The number of aromatic amines is 1. The Morgan fingerprint density at radius 1 is 1.10 bits per heavy atom. The molecule has 0 atom stereocenters. The zero-order chi connectivity index (χ0) is 21.1. The molecule has 1 aliphatic rings. The summed E-state index contributed by atoms with van der Waals surface area (Å²) in [7, 11) is 0. The van der Waals surface area contributed by atoms with Crippen LogP contribution in [0.25, 0.3) is 11.3 Å². The highest BCUT2D eigenvalue weighted by Crippen LogP contribution is 2.35. The SMILES string of the molecule is Cc1cc(C2CCC(CNC(=O)c3cc(C)[nH]c3-c3ccc(Cl)cc3)CC2)ccn1. The van der Waals surface area contributed by atoms with Crippen molar-refractivity contribution in [3.8, 4) is 11.3 Å². The van der Waals surface area contributed by atoms with Crippen molar-refractivity contribution >= 4 is 17.5 Å². The second-order valence-electron chi connectivity index (χ2n) is 8.41. The molecule has 4 rings (SSSR count). The van der Waals surface area contributed by atoms with Crippen molar-refractivity contribution in [2.24, 2.45) is 5.92 Å². The van der Waals surface area contributed by atoms with Crippen molar-refractivity contribution in [2.45, 2.75) is 45.4 Å². The molecular weight excluding hydrogens is 394 g/mol. The lowest BCUT2D eigenvalue weighted by atomic mass is 9.79. The average Bonchev–Trinajstić information content (AvgIpc) is 3.15. The van der Waals surface area contributed by atoms with Crippen LogP contribution < -0.4 is 5.32 Å². The van der Waals surface area contributed by atoms with Crippen molar-refractivity contribution < 1.29 is 4.79 Å². The first kappa shape index (κ1) is 20.7. The molecule has 2 heterocycles. The van der Waals surface area contributed by atoms with E-state index in [0.29, 0.717) is 22.4 Å². The number of nitrogens with one attached hydrogen (secondary N) is 2. The molecule has 0 spiro atoms. The van der Waals surface area contributed by atoms with Crippen LogP contribution in [0.5, 0.6) is 0 Å². The highest BCUT2D eigenvalue weighted by molar-refractivity contribution is 6.30. The quantitative estimate of drug-likeness (QED) is 0.526. The van der Waals surface area contributed by atoms with Crippen molar-refractivity contribution in [1.82, 2.24) is 15.3 Å². The molecule has 1 fully saturated rings. The summed E-state index contributed by atoms with van der Waals surface area (Å²) in [5.41, 5.74) is 5.96. The Morgan fingerprint density at radius 2 is 1.83 bits per heavy atom. The van der Waals surface area contributed by atoms with Gasteiger partial charge in [0.15, 0.2) is 0 Å². The van der Waals surface area contributed by atoms with E-state index in [9.17, 15) is 4.79 Å². The molecule has 1 aliphatic carbocycles. The van der Waals surface area contributed by atoms with Gasteiger partial charge in [-0.3, -0.25) is 9.78 Å². The standard InChI is InChI=1S/C25H28ClN3O/c1-16-13-21(11-12-27-16)19-5-3-18(4-6-19)15-28-25(30)23-14-17(2)29-24(23)20-7-9-22(26)10-8-20/h7-14,18-19,29H,3-6,15H2,1-2H3,(H,28,30). The van der Waals surface area contributed by atoms with Gasteiger partial charge in [0.1, 0.15) is 0 Å². The van der Waals surface area contributed by atoms with Crippen LogP contribution in [-0.4, -0.2) is 22.4 Å². The minimum absolute atomic E-state index is 0.0174. The molecule has 2 N–H and O–H groups in total. The van der Waals surface area contributed by atoms with Crippen molar-refractivity contribution in [3.63, 3.8) is 0 Å². The van der Waals surface area contributed by atoms with E-state index in [1.165, 1.54) is 18.4 Å². The molecule has 5 heteroatoms. The summed E-state index contributed by atoms with van der Waals surface area (Å²) < 4.78 is 0. The Bertz CT molecular complexity index is 1020. The molecule has 3 aromatic rings. The minimum Gasteiger partial charge on any atom is -0.358 e. The highest BCUT2D eigenvalue weighted by Gasteiger charge is 2.24. The summed E-state index contributed by atoms with van der Waals surface area (Å²) in [5, 5.41) is 3.86. The van der Waals surface area contributed by atoms with E-state index in [0.717, 1.165) is 42.0 Å². The van der Waals surface area contributed by atoms with E-state index in [1.807, 2.05) is 50.4 Å². The summed E-state index contributed by atoms with van der Waals surface area (Å²) in [6.45, 7) is 4.75. The third-order valence-electron chi connectivity index (χ3n) is 6.12. The van der Waals surface area contributed by atoms with Gasteiger partial charge in [0, 0.05) is 29.2 Å². The Kier molecular flexibility index (Phi) is 6.24. The molecule has 0 aliphatic heterocycles. The fourth-order valence-electron chi connectivity index (χ4n) is 4.47. The van der Waals surface area contributed by atoms with E-state index in [4.69, 9.17) is 11.6 Å². The van der Waals surface area contributed by atoms with Gasteiger partial charge in [-0.05, 0) is 92.8 Å². The first-order chi connectivity index (χ1) is 14.5. The Labute approximate surface area is 183 Å². The molecule has 4 nitrogen and oxygen atoms in total. The van der Waals surface area contributed by atoms with Gasteiger partial charge in [-0.2, -0.15) is 0 Å². The molecule has 2 aromatic heterocycles. The number of carbonyl (C=O) groups is 1. The van der Waals surface area contributed by atoms with Crippen LogP contribution in [0.1, 0.15) is 58.9 Å². The number of nitrogens with zero attached hydrogens (tertiary/aromatic N) is 1. The predicted octanol–water partition coefficient (Wildman–Crippen LogP) is 6.05. The van der Waals surface area contributed by atoms with Crippen LogP contribution in [0.15, 0.2) is 48.7 Å². The molecule has 0 saturated heterocycles. The van der Waals surface area contributed by atoms with Gasteiger partial charge >= 0.3 is 0 Å². The van der Waals surface area contributed by atoms with Gasteiger partial charge in [-0.25, -0.2) is 0 Å². The van der Waals surface area contributed by atoms with Crippen LogP contribution >= 0.6 is 11.6 Å². The maximum absolute atomic E-state index is 12.9. The second-order valence-corrected chi connectivity index (χ2v) is 8.84. The zero-order valence-corrected chi connectivity index (χ0v) is 18.3. The number of hydrogen-bond acceptors (Lipinski definition) is 2. The lowest BCUT2D eigenvalue weighted by Gasteiger charge is -2.29. The average molecular weight is 422 g/mol. The number of H-pyrrole nitrogens is 1. The molecule has 1 aromatic carbocycles. The monoisotopic (exact) mass is 421 g/mol. The number of rotatable bonds is 5. The lowest BCUT2D eigenvalue weighted by molar-refractivity contribution is 0.0943. The molecule has 156 valence electrons. The molecule has 30 heavy (non-hydrogen) atoms. The number of hydrogen-bond donors (Lipinski definition) is 2. The van der Waals surface area contributed by atoms with Gasteiger partial charge in [-0.15, -0.1) is 0 Å². The molecule has 0 bridgehead atoms. The van der Waals surface area contributed by atoms with E-state index in [1.54, 1.807) is 0 Å². The Hall–Kier alpha value is -2.59. The summed E-state index contributed by atoms with van der Waals surface area (Å²) >= 11 is 6.01. The number of amides is 1. The van der Waals surface area contributed by atoms with E-state index >= 15 is 0 Å². The molecule has 1 saturated carbocycles. The van der Waals surface area contributed by atoms with Crippen LogP contribution in [0.3, 0.4) is 0 Å². The van der Waals surface area contributed by atoms with Crippen LogP contribution in [-0.2, 0) is 0 Å². The first-order valence-corrected chi connectivity index (χ1v) is 11.0. The third kappa shape index (κ3) is 4.76. The van der Waals surface area contributed by atoms with Gasteiger partial charge in [0.05, 0.1) is 11.3 Å². The summed E-state index contributed by atoms with van der Waals surface area (Å²) in [6, 6.07) is 13.8. The van der Waals surface area contributed by atoms with Crippen LogP contribution in [0.2, 0.25) is 5.02 Å². The van der Waals surface area contributed by atoms with Crippen molar-refractivity contribution in [3.05, 3.63) is 76.2 Å². The Balaban J connectivity index is 1.35. The highest BCUT2D eigenvalue weighted by atomic mass is 35.5. The fraction of sp³-hybridized carbons (Fsp3) is 0.360. The Morgan fingerprint density at radius 3 is 2.53 bits per heavy atom. The number of halogens is 1. The first-order valence-electron chi connectivity index (χ1n) is 10.7. The van der Waals surface area contributed by atoms with E-state index in [-0.39, 0.29) is 5.91 Å². The predicted molar refractivity (Wildman–Crippen MR) is 122 cm³/mol. The molecule has 0 radical (unpaired) electrons. The van der Waals surface area contributed by atoms with Crippen molar-refractivity contribution in [1.29, 1.82) is 0 Å². The van der Waals surface area contributed by atoms with E-state index < -0.39 is 0 Å². The topological polar surface area (TPSA) is 57.8 Å². The molecule has 1 amide bonds. The zero-order valence-electron chi connectivity index (χ0n) is 17.5. The van der Waals surface area contributed by atoms with Crippen LogP contribution in [0.4, 0.5) is 0 Å². The maximum Gasteiger partial charge on any atom is 0.253 e. The van der Waals surface area contributed by atoms with Gasteiger partial charge in [-0.1, -0.05) is 23.7 Å². The number of carbonyl (C=O) groups excluding carboxylic acids is 1. The minimum atomic E-state index is -0.0174. The largest absolute Gasteiger partial charge is 0.358 e. The number of aryl methyl sites for hydroxylation is 2. The van der Waals surface area contributed by atoms with E-state index in [2.05, 4.69) is 27.4 Å². The molecular formula is C25H28ClN3O. The summed E-state index contributed by atoms with van der Waals surface area (Å²) in [6.07, 6.45) is 6.53. The second kappa shape index (κ2) is 9.05. The smallest absolute Gasteiger partial charge is 0.253 e. The fourth-order valence-corrected chi connectivity index (χ4v) is 4.59. The number of aromatic nitrogens is 2. The van der Waals surface area contributed by atoms with Gasteiger partial charge in [0.25, 0.3) is 5.91 Å². The van der Waals surface area contributed by atoms with Gasteiger partial charge < -0.3 is 10.3 Å². The van der Waals surface area contributed by atoms with Crippen molar-refractivity contribution in [2.75, 3.05) is 6.54 Å². The third-order valence-corrected chi connectivity index (χ3v) is 6.37. The summed E-state index contributed by atoms with van der Waals surface area (Å²) in [4.78, 5) is 20.5. The number of benzene rings is 1. The van der Waals surface area contributed by atoms with Crippen LogP contribution in [0, 0.1) is 19.8 Å². The normalized spacial score (nSPS) is 18.9. The maximum atomic E-state index is 12.9. The summed E-state index contributed by atoms with van der Waals surface area (Å²) in [5.74, 6) is 1.13. The number of pyridine rings is 1. The molecule has 0 unspecified atom stereocenters. The van der Waals surface area contributed by atoms with Gasteiger partial charge in [0.2, 0.25) is 0 Å². The lowest BCUT2D eigenvalue weighted by Crippen LogP contribution is -2.31.